The van der Waals surface area contributed by atoms with Crippen molar-refractivity contribution in [2.24, 2.45) is 5.84 Å². The summed E-state index contributed by atoms with van der Waals surface area (Å²) in [6, 6.07) is 6.13. The molecule has 0 bridgehead atoms. The van der Waals surface area contributed by atoms with E-state index in [9.17, 15) is 8.42 Å². The van der Waals surface area contributed by atoms with Crippen molar-refractivity contribution in [3.8, 4) is 0 Å². The maximum absolute atomic E-state index is 11.9. The maximum atomic E-state index is 11.9. The summed E-state index contributed by atoms with van der Waals surface area (Å²) in [4.78, 5) is 6.80. The predicted molar refractivity (Wildman–Crippen MR) is 66.9 cm³/mol. The Kier molecular flexibility index (Phi) is 3.60. The number of hydrazine groups is 1. The maximum Gasteiger partial charge on any atom is 0.240 e. The summed E-state index contributed by atoms with van der Waals surface area (Å²) in [5, 5.41) is 0. The minimum atomic E-state index is -3.53. The predicted octanol–water partition coefficient (Wildman–Crippen LogP) is 0.174. The van der Waals surface area contributed by atoms with E-state index < -0.39 is 10.0 Å². The van der Waals surface area contributed by atoms with Gasteiger partial charge in [-0.25, -0.2) is 18.1 Å². The molecule has 0 amide bonds. The zero-order valence-corrected chi connectivity index (χ0v) is 10.2. The van der Waals surface area contributed by atoms with Crippen LogP contribution in [0.25, 0.3) is 0 Å². The fraction of sp³-hybridized carbons (Fsp3) is 0.100. The van der Waals surface area contributed by atoms with Gasteiger partial charge in [0.1, 0.15) is 0 Å². The number of aromatic amines is 1. The van der Waals surface area contributed by atoms with Gasteiger partial charge in [-0.15, -0.1) is 0 Å². The second-order valence-corrected chi connectivity index (χ2v) is 5.34. The molecule has 18 heavy (non-hydrogen) atoms. The zero-order chi connectivity index (χ0) is 13.0. The van der Waals surface area contributed by atoms with Crippen LogP contribution in [0.5, 0.6) is 0 Å². The Labute approximate surface area is 104 Å². The Hall–Kier alpha value is -1.90. The standard InChI is InChI=1S/C10H13N5O2S/c11-15-8-1-3-10(4-2-8)18(16,17)14-6-9-5-12-7-13-9/h1-5,7,14-15H,6,11H2,(H,12,13). The first-order chi connectivity index (χ1) is 8.62. The van der Waals surface area contributed by atoms with Crippen LogP contribution in [0.4, 0.5) is 5.69 Å². The Balaban J connectivity index is 2.09. The highest BCUT2D eigenvalue weighted by molar-refractivity contribution is 7.89. The molecule has 0 saturated carbocycles. The Morgan fingerprint density at radius 2 is 2.00 bits per heavy atom. The van der Waals surface area contributed by atoms with Crippen molar-refractivity contribution in [3.63, 3.8) is 0 Å². The van der Waals surface area contributed by atoms with E-state index in [1.165, 1.54) is 18.5 Å². The molecule has 2 rings (SSSR count). The van der Waals surface area contributed by atoms with Crippen molar-refractivity contribution >= 4 is 15.7 Å². The molecule has 0 atom stereocenters. The first-order valence-electron chi connectivity index (χ1n) is 5.15. The Morgan fingerprint density at radius 1 is 1.28 bits per heavy atom. The number of benzene rings is 1. The summed E-state index contributed by atoms with van der Waals surface area (Å²) in [6.45, 7) is 0.166. The number of H-pyrrole nitrogens is 1. The van der Waals surface area contributed by atoms with Crippen LogP contribution in [0.3, 0.4) is 0 Å². The fourth-order valence-electron chi connectivity index (χ4n) is 1.37. The molecule has 0 aliphatic carbocycles. The lowest BCUT2D eigenvalue weighted by molar-refractivity contribution is 0.580. The average Bonchev–Trinajstić information content (AvgIpc) is 2.90. The molecule has 1 aromatic heterocycles. The van der Waals surface area contributed by atoms with Crippen LogP contribution in [0.15, 0.2) is 41.7 Å². The van der Waals surface area contributed by atoms with E-state index in [1.807, 2.05) is 0 Å². The van der Waals surface area contributed by atoms with Crippen molar-refractivity contribution in [1.82, 2.24) is 14.7 Å². The summed E-state index contributed by atoms with van der Waals surface area (Å²) in [7, 11) is -3.53. The Morgan fingerprint density at radius 3 is 2.56 bits per heavy atom. The number of anilines is 1. The number of nitrogens with one attached hydrogen (secondary N) is 3. The van der Waals surface area contributed by atoms with Crippen LogP contribution in [0, 0.1) is 0 Å². The lowest BCUT2D eigenvalue weighted by Crippen LogP contribution is -2.23. The van der Waals surface area contributed by atoms with E-state index in [2.05, 4.69) is 20.1 Å². The number of hydrogen-bond donors (Lipinski definition) is 4. The molecular formula is C10H13N5O2S. The van der Waals surface area contributed by atoms with Gasteiger partial charge in [0.15, 0.2) is 0 Å². The molecule has 1 heterocycles. The number of nitrogen functional groups attached to an aromatic ring is 1. The molecule has 0 aliphatic rings. The number of nitrogens with two attached hydrogens (primary N) is 1. The van der Waals surface area contributed by atoms with Crippen LogP contribution in [0.2, 0.25) is 0 Å². The monoisotopic (exact) mass is 267 g/mol. The van der Waals surface area contributed by atoms with E-state index in [4.69, 9.17) is 5.84 Å². The van der Waals surface area contributed by atoms with E-state index in [0.717, 1.165) is 0 Å². The highest BCUT2D eigenvalue weighted by Gasteiger charge is 2.13. The summed E-state index contributed by atoms with van der Waals surface area (Å²) < 4.78 is 26.3. The van der Waals surface area contributed by atoms with Crippen molar-refractivity contribution in [2.45, 2.75) is 11.4 Å². The van der Waals surface area contributed by atoms with Crippen LogP contribution >= 0.6 is 0 Å². The molecule has 7 nitrogen and oxygen atoms in total. The number of sulfonamides is 1. The molecule has 1 aromatic carbocycles. The average molecular weight is 267 g/mol. The van der Waals surface area contributed by atoms with Crippen LogP contribution in [-0.2, 0) is 16.6 Å². The molecule has 2 aromatic rings. The topological polar surface area (TPSA) is 113 Å². The van der Waals surface area contributed by atoms with Crippen LogP contribution in [0.1, 0.15) is 5.69 Å². The van der Waals surface area contributed by atoms with Gasteiger partial charge >= 0.3 is 0 Å². The van der Waals surface area contributed by atoms with Gasteiger partial charge in [0, 0.05) is 17.6 Å². The third-order valence-electron chi connectivity index (χ3n) is 2.34. The molecule has 0 fully saturated rings. The second kappa shape index (κ2) is 5.17. The molecule has 0 spiro atoms. The molecule has 5 N–H and O–H groups in total. The van der Waals surface area contributed by atoms with Gasteiger partial charge in [-0.3, -0.25) is 5.84 Å². The van der Waals surface area contributed by atoms with E-state index in [0.29, 0.717) is 11.4 Å². The molecule has 0 saturated heterocycles. The summed E-state index contributed by atoms with van der Waals surface area (Å²) >= 11 is 0. The highest BCUT2D eigenvalue weighted by Crippen LogP contribution is 2.13. The molecule has 0 radical (unpaired) electrons. The number of rotatable bonds is 5. The van der Waals surface area contributed by atoms with Gasteiger partial charge in [0.2, 0.25) is 10.0 Å². The van der Waals surface area contributed by atoms with Gasteiger partial charge < -0.3 is 10.4 Å². The minimum Gasteiger partial charge on any atom is -0.347 e. The van der Waals surface area contributed by atoms with Gasteiger partial charge in [-0.05, 0) is 24.3 Å². The molecule has 8 heteroatoms. The zero-order valence-electron chi connectivity index (χ0n) is 9.42. The number of imidazole rings is 1. The number of aromatic nitrogens is 2. The SMILES string of the molecule is NNc1ccc(S(=O)(=O)NCc2cnc[nH]2)cc1. The van der Waals surface area contributed by atoms with Gasteiger partial charge in [0.05, 0.1) is 17.8 Å². The van der Waals surface area contributed by atoms with Crippen LogP contribution < -0.4 is 16.0 Å². The fourth-order valence-corrected chi connectivity index (χ4v) is 2.37. The van der Waals surface area contributed by atoms with Crippen molar-refractivity contribution in [2.75, 3.05) is 5.43 Å². The Bertz CT molecular complexity index is 592. The summed E-state index contributed by atoms with van der Waals surface area (Å²) in [5.74, 6) is 5.21. The molecule has 0 aliphatic heterocycles. The van der Waals surface area contributed by atoms with Gasteiger partial charge in [0.25, 0.3) is 0 Å². The van der Waals surface area contributed by atoms with Crippen LogP contribution in [-0.4, -0.2) is 18.4 Å². The first-order valence-corrected chi connectivity index (χ1v) is 6.64. The lowest BCUT2D eigenvalue weighted by Gasteiger charge is -2.06. The van der Waals surface area contributed by atoms with Crippen molar-refractivity contribution in [1.29, 1.82) is 0 Å². The third kappa shape index (κ3) is 2.86. The molecular weight excluding hydrogens is 254 g/mol. The van der Waals surface area contributed by atoms with Crippen molar-refractivity contribution in [3.05, 3.63) is 42.5 Å². The van der Waals surface area contributed by atoms with E-state index >= 15 is 0 Å². The number of nitrogens with zero attached hydrogens (tertiary/aromatic N) is 1. The molecule has 0 unspecified atom stereocenters. The smallest absolute Gasteiger partial charge is 0.240 e. The molecule has 96 valence electrons. The minimum absolute atomic E-state index is 0.166. The van der Waals surface area contributed by atoms with E-state index in [-0.39, 0.29) is 11.4 Å². The lowest BCUT2D eigenvalue weighted by atomic mass is 10.3. The first kappa shape index (κ1) is 12.6. The van der Waals surface area contributed by atoms with Crippen molar-refractivity contribution < 1.29 is 8.42 Å². The largest absolute Gasteiger partial charge is 0.347 e. The highest BCUT2D eigenvalue weighted by atomic mass is 32.2. The van der Waals surface area contributed by atoms with Gasteiger partial charge in [-0.1, -0.05) is 0 Å². The quantitative estimate of drug-likeness (QED) is 0.456. The van der Waals surface area contributed by atoms with Gasteiger partial charge in [-0.2, -0.15) is 0 Å². The summed E-state index contributed by atoms with van der Waals surface area (Å²) in [6.07, 6.45) is 3.05. The number of hydrogen-bond acceptors (Lipinski definition) is 5. The summed E-state index contributed by atoms with van der Waals surface area (Å²) in [5.41, 5.74) is 3.77. The normalized spacial score (nSPS) is 11.4. The second-order valence-electron chi connectivity index (χ2n) is 3.57. The van der Waals surface area contributed by atoms with E-state index in [1.54, 1.807) is 18.3 Å². The third-order valence-corrected chi connectivity index (χ3v) is 3.76.